The van der Waals surface area contributed by atoms with Gasteiger partial charge in [0.15, 0.2) is 7.14 Å². The van der Waals surface area contributed by atoms with Crippen LogP contribution in [0, 0.1) is 10.1 Å². The zero-order valence-electron chi connectivity index (χ0n) is 17.0. The van der Waals surface area contributed by atoms with E-state index in [1.165, 1.54) is 13.2 Å². The lowest BCUT2D eigenvalue weighted by Crippen LogP contribution is -2.28. The van der Waals surface area contributed by atoms with Gasteiger partial charge in [-0.2, -0.15) is 5.10 Å². The second-order valence-electron chi connectivity index (χ2n) is 6.70. The Hall–Kier alpha value is -3.97. The van der Waals surface area contributed by atoms with Crippen LogP contribution in [0.3, 0.4) is 0 Å². The summed E-state index contributed by atoms with van der Waals surface area (Å²) >= 11 is 0. The summed E-state index contributed by atoms with van der Waals surface area (Å²) in [5.74, 6) is -1.10. The molecule has 0 heterocycles. The van der Waals surface area contributed by atoms with E-state index in [9.17, 15) is 24.6 Å². The van der Waals surface area contributed by atoms with Crippen LogP contribution in [0.5, 0.6) is 11.5 Å². The van der Waals surface area contributed by atoms with Crippen molar-refractivity contribution in [1.82, 2.24) is 5.43 Å². The van der Waals surface area contributed by atoms with E-state index in [0.29, 0.717) is 10.6 Å². The summed E-state index contributed by atoms with van der Waals surface area (Å²) in [4.78, 5) is 22.9. The number of benzene rings is 3. The molecule has 0 saturated heterocycles. The number of hydrazone groups is 1. The van der Waals surface area contributed by atoms with Gasteiger partial charge >= 0.3 is 5.69 Å². The maximum atomic E-state index is 13.9. The first kappa shape index (κ1) is 22.7. The highest BCUT2D eigenvalue weighted by molar-refractivity contribution is 7.79. The van der Waals surface area contributed by atoms with Gasteiger partial charge in [0, 0.05) is 16.2 Å². The van der Waals surface area contributed by atoms with Crippen LogP contribution in [0.1, 0.15) is 5.56 Å². The number of rotatable bonds is 8. The van der Waals surface area contributed by atoms with E-state index >= 15 is 0 Å². The van der Waals surface area contributed by atoms with Crippen molar-refractivity contribution in [3.63, 3.8) is 0 Å². The Bertz CT molecular complexity index is 1160. The lowest BCUT2D eigenvalue weighted by Gasteiger charge is -2.18. The van der Waals surface area contributed by atoms with Crippen molar-refractivity contribution in [3.8, 4) is 11.5 Å². The Morgan fingerprint density at radius 1 is 1.12 bits per heavy atom. The van der Waals surface area contributed by atoms with E-state index in [4.69, 9.17) is 4.74 Å². The fourth-order valence-electron chi connectivity index (χ4n) is 3.05. The van der Waals surface area contributed by atoms with Gasteiger partial charge in [-0.3, -0.25) is 14.9 Å². The molecule has 164 valence electrons. The van der Waals surface area contributed by atoms with Gasteiger partial charge in [0.25, 0.3) is 0 Å². The molecule has 10 heteroatoms. The summed E-state index contributed by atoms with van der Waals surface area (Å²) in [5.41, 5.74) is 1.69. The smallest absolute Gasteiger partial charge is 0.315 e. The third-order valence-corrected chi connectivity index (χ3v) is 7.63. The Morgan fingerprint density at radius 3 is 2.19 bits per heavy atom. The number of nitrogens with one attached hydrogen (secondary N) is 1. The van der Waals surface area contributed by atoms with Crippen LogP contribution in [-0.2, 0) is 9.36 Å². The minimum absolute atomic E-state index is 0.0225. The number of carbonyl (C=O) groups excluding carboxylic acids is 1. The number of ether oxygens (including phenoxy) is 1. The van der Waals surface area contributed by atoms with Crippen LogP contribution >= 0.6 is 7.14 Å². The van der Waals surface area contributed by atoms with E-state index in [-0.39, 0.29) is 17.5 Å². The summed E-state index contributed by atoms with van der Waals surface area (Å²) in [5, 5.41) is 26.0. The maximum Gasteiger partial charge on any atom is 0.315 e. The van der Waals surface area contributed by atoms with Crippen molar-refractivity contribution in [2.45, 2.75) is 0 Å². The van der Waals surface area contributed by atoms with Gasteiger partial charge in [0.2, 0.25) is 11.7 Å². The molecule has 1 amide bonds. The molecule has 0 aliphatic rings. The molecule has 0 atom stereocenters. The number of hydrogen-bond donors (Lipinski definition) is 2. The summed E-state index contributed by atoms with van der Waals surface area (Å²) in [6.45, 7) is 0. The topological polar surface area (TPSA) is 131 Å². The van der Waals surface area contributed by atoms with E-state index in [2.05, 4.69) is 10.5 Å². The highest BCUT2D eigenvalue weighted by Crippen LogP contribution is 2.42. The molecule has 9 nitrogen and oxygen atoms in total. The van der Waals surface area contributed by atoms with Crippen LogP contribution in [0.4, 0.5) is 5.69 Å². The quantitative estimate of drug-likeness (QED) is 0.233. The van der Waals surface area contributed by atoms with Crippen LogP contribution in [0.15, 0.2) is 77.9 Å². The molecule has 0 fully saturated rings. The van der Waals surface area contributed by atoms with E-state index in [0.717, 1.165) is 12.3 Å². The SMILES string of the molecule is COc1cc(C=NNC(=O)CP(=O)(c2ccccc2)c2ccccc2)c(O)c([N+](=O)[O-])c1. The lowest BCUT2D eigenvalue weighted by atomic mass is 10.1. The lowest BCUT2D eigenvalue weighted by molar-refractivity contribution is -0.385. The molecule has 0 saturated carbocycles. The number of hydrogen-bond acceptors (Lipinski definition) is 7. The molecule has 0 bridgehead atoms. The first-order valence-electron chi connectivity index (χ1n) is 9.42. The first-order valence-corrected chi connectivity index (χ1v) is 11.3. The van der Waals surface area contributed by atoms with Gasteiger partial charge in [-0.15, -0.1) is 0 Å². The molecule has 3 aromatic rings. The van der Waals surface area contributed by atoms with Gasteiger partial charge < -0.3 is 14.4 Å². The average molecular weight is 453 g/mol. The molecular weight excluding hydrogens is 433 g/mol. The van der Waals surface area contributed by atoms with Crippen LogP contribution in [0.25, 0.3) is 0 Å². The predicted octanol–water partition coefficient (Wildman–Crippen LogP) is 2.77. The average Bonchev–Trinajstić information content (AvgIpc) is 2.81. The van der Waals surface area contributed by atoms with E-state index in [1.807, 2.05) is 0 Å². The highest BCUT2D eigenvalue weighted by Gasteiger charge is 2.30. The second-order valence-corrected chi connectivity index (χ2v) is 9.53. The van der Waals surface area contributed by atoms with Crippen LogP contribution in [0.2, 0.25) is 0 Å². The van der Waals surface area contributed by atoms with E-state index < -0.39 is 29.4 Å². The molecule has 3 rings (SSSR count). The number of aromatic hydroxyl groups is 1. The van der Waals surface area contributed by atoms with Crippen molar-refractivity contribution in [3.05, 3.63) is 88.5 Å². The molecule has 0 unspecified atom stereocenters. The molecule has 3 aromatic carbocycles. The maximum absolute atomic E-state index is 13.9. The summed E-state index contributed by atoms with van der Waals surface area (Å²) in [6, 6.07) is 19.8. The molecule has 2 N–H and O–H groups in total. The van der Waals surface area contributed by atoms with Gasteiger partial charge in [0.05, 0.1) is 30.5 Å². The van der Waals surface area contributed by atoms with Crippen molar-refractivity contribution in [1.29, 1.82) is 0 Å². The second kappa shape index (κ2) is 9.89. The normalized spacial score (nSPS) is 11.3. The minimum Gasteiger partial charge on any atom is -0.502 e. The number of nitrogens with zero attached hydrogens (tertiary/aromatic N) is 2. The number of phenols is 1. The zero-order valence-corrected chi connectivity index (χ0v) is 17.9. The number of carbonyl (C=O) groups is 1. The van der Waals surface area contributed by atoms with Gasteiger partial charge in [-0.05, 0) is 6.07 Å². The fourth-order valence-corrected chi connectivity index (χ4v) is 5.50. The number of nitro benzene ring substituents is 1. The number of methoxy groups -OCH3 is 1. The largest absolute Gasteiger partial charge is 0.502 e. The zero-order chi connectivity index (χ0) is 23.1. The number of amides is 1. The summed E-state index contributed by atoms with van der Waals surface area (Å²) < 4.78 is 18.9. The third kappa shape index (κ3) is 5.01. The number of nitro groups is 1. The van der Waals surface area contributed by atoms with Crippen molar-refractivity contribution < 1.29 is 24.1 Å². The fraction of sp³-hybridized carbons (Fsp3) is 0.0909. The standard InChI is InChI=1S/C22H20N3O6P/c1-31-17-12-16(22(27)20(13-17)25(28)29)14-23-24-21(26)15-32(30,18-8-4-2-5-9-18)19-10-6-3-7-11-19/h2-14,27H,15H2,1H3,(H,24,26). The van der Waals surface area contributed by atoms with E-state index in [1.54, 1.807) is 60.7 Å². The third-order valence-electron chi connectivity index (χ3n) is 4.63. The molecule has 0 aliphatic carbocycles. The Morgan fingerprint density at radius 2 is 1.69 bits per heavy atom. The minimum atomic E-state index is -3.28. The molecule has 0 spiro atoms. The Labute approximate surface area is 183 Å². The van der Waals surface area contributed by atoms with Crippen molar-refractivity contribution in [2.24, 2.45) is 5.10 Å². The summed E-state index contributed by atoms with van der Waals surface area (Å²) in [6.07, 6.45) is 0.724. The van der Waals surface area contributed by atoms with Crippen molar-refractivity contribution >= 4 is 35.6 Å². The Balaban J connectivity index is 1.83. The van der Waals surface area contributed by atoms with Crippen molar-refractivity contribution in [2.75, 3.05) is 13.3 Å². The van der Waals surface area contributed by atoms with Crippen LogP contribution < -0.4 is 20.8 Å². The molecular formula is C22H20N3O6P. The molecule has 0 aliphatic heterocycles. The van der Waals surface area contributed by atoms with Gasteiger partial charge in [-0.25, -0.2) is 5.43 Å². The van der Waals surface area contributed by atoms with Gasteiger partial charge in [0.1, 0.15) is 5.75 Å². The predicted molar refractivity (Wildman–Crippen MR) is 122 cm³/mol. The Kier molecular flexibility index (Phi) is 7.02. The first-order chi connectivity index (χ1) is 15.3. The highest BCUT2D eigenvalue weighted by atomic mass is 31.2. The molecule has 32 heavy (non-hydrogen) atoms. The van der Waals surface area contributed by atoms with Crippen LogP contribution in [-0.4, -0.2) is 35.4 Å². The monoisotopic (exact) mass is 453 g/mol. The molecule has 0 aromatic heterocycles. The summed E-state index contributed by atoms with van der Waals surface area (Å²) in [7, 11) is -1.96. The number of phenolic OH excluding ortho intramolecular Hbond substituents is 1. The molecule has 0 radical (unpaired) electrons. The van der Waals surface area contributed by atoms with Gasteiger partial charge in [-0.1, -0.05) is 60.7 Å².